The lowest BCUT2D eigenvalue weighted by Crippen LogP contribution is -2.59. The second-order valence-corrected chi connectivity index (χ2v) is 12.8. The smallest absolute Gasteiger partial charge is 0.252 e. The first kappa shape index (κ1) is 21.6. The van der Waals surface area contributed by atoms with Gasteiger partial charge in [0, 0.05) is 37.9 Å². The van der Waals surface area contributed by atoms with Gasteiger partial charge in [-0.05, 0) is 48.6 Å². The van der Waals surface area contributed by atoms with Gasteiger partial charge in [0.15, 0.2) is 0 Å². The fraction of sp³-hybridized carbons (Fsp3) is 0.474. The number of hydrogen-bond acceptors (Lipinski definition) is 7. The van der Waals surface area contributed by atoms with Crippen molar-refractivity contribution in [3.8, 4) is 5.75 Å². The molecule has 0 radical (unpaired) electrons. The molecular formula is C19H25N3O5S3. The Bertz CT molecular complexity index is 1080. The molecule has 2 aromatic rings. The first-order valence-electron chi connectivity index (χ1n) is 9.72. The van der Waals surface area contributed by atoms with Crippen LogP contribution in [0.15, 0.2) is 46.0 Å². The predicted molar refractivity (Wildman–Crippen MR) is 117 cm³/mol. The molecular weight excluding hydrogens is 446 g/mol. The summed E-state index contributed by atoms with van der Waals surface area (Å²) in [5.41, 5.74) is 0.829. The highest BCUT2D eigenvalue weighted by Gasteiger charge is 2.41. The van der Waals surface area contributed by atoms with Crippen molar-refractivity contribution in [1.82, 2.24) is 8.61 Å². The van der Waals surface area contributed by atoms with E-state index in [9.17, 15) is 21.9 Å². The summed E-state index contributed by atoms with van der Waals surface area (Å²) in [7, 11) is -7.03. The summed E-state index contributed by atoms with van der Waals surface area (Å²) < 4.78 is 54.1. The van der Waals surface area contributed by atoms with E-state index in [0.717, 1.165) is 18.5 Å². The second kappa shape index (κ2) is 8.12. The van der Waals surface area contributed by atoms with E-state index in [1.807, 2.05) is 4.90 Å². The molecule has 2 fully saturated rings. The Balaban J connectivity index is 1.64. The Labute approximate surface area is 181 Å². The highest BCUT2D eigenvalue weighted by molar-refractivity contribution is 7.91. The molecule has 1 aliphatic carbocycles. The lowest BCUT2D eigenvalue weighted by atomic mass is 10.1. The molecule has 4 rings (SSSR count). The molecule has 0 spiro atoms. The van der Waals surface area contributed by atoms with E-state index < -0.39 is 20.0 Å². The van der Waals surface area contributed by atoms with E-state index in [1.54, 1.807) is 41.8 Å². The molecule has 2 aliphatic rings. The average Bonchev–Trinajstić information content (AvgIpc) is 3.36. The van der Waals surface area contributed by atoms with E-state index in [-0.39, 0.29) is 30.9 Å². The van der Waals surface area contributed by atoms with E-state index >= 15 is 0 Å². The molecule has 1 saturated heterocycles. The minimum Gasteiger partial charge on any atom is -0.508 e. The Morgan fingerprint density at radius 3 is 2.37 bits per heavy atom. The van der Waals surface area contributed by atoms with Crippen LogP contribution in [0.1, 0.15) is 12.8 Å². The normalized spacial score (nSPS) is 21.3. The first-order valence-corrected chi connectivity index (χ1v) is 13.9. The first-order chi connectivity index (χ1) is 14.2. The van der Waals surface area contributed by atoms with Gasteiger partial charge in [-0.1, -0.05) is 6.07 Å². The number of phenols is 1. The Hall–Kier alpha value is -1.66. The molecule has 11 heteroatoms. The van der Waals surface area contributed by atoms with Gasteiger partial charge in [0.25, 0.3) is 10.0 Å². The molecule has 1 atom stereocenters. The van der Waals surface area contributed by atoms with E-state index in [1.165, 1.54) is 26.2 Å². The van der Waals surface area contributed by atoms with Gasteiger partial charge in [-0.3, -0.25) is 0 Å². The van der Waals surface area contributed by atoms with Gasteiger partial charge >= 0.3 is 0 Å². The Morgan fingerprint density at radius 2 is 1.80 bits per heavy atom. The number of aromatic hydroxyl groups is 1. The number of anilines is 1. The van der Waals surface area contributed by atoms with Crippen LogP contribution in [0.2, 0.25) is 0 Å². The third-order valence-electron chi connectivity index (χ3n) is 5.49. The molecule has 1 saturated carbocycles. The van der Waals surface area contributed by atoms with Crippen molar-refractivity contribution >= 4 is 37.1 Å². The minimum atomic E-state index is -3.62. The quantitative estimate of drug-likeness (QED) is 0.661. The van der Waals surface area contributed by atoms with Crippen molar-refractivity contribution in [3.63, 3.8) is 0 Å². The van der Waals surface area contributed by atoms with E-state index in [0.29, 0.717) is 17.3 Å². The van der Waals surface area contributed by atoms with Crippen molar-refractivity contribution < 1.29 is 21.9 Å². The lowest BCUT2D eigenvalue weighted by molar-refractivity contribution is 0.287. The van der Waals surface area contributed by atoms with Gasteiger partial charge < -0.3 is 10.0 Å². The van der Waals surface area contributed by atoms with Crippen molar-refractivity contribution in [3.05, 3.63) is 41.8 Å². The number of thiophene rings is 1. The number of piperazine rings is 1. The highest BCUT2D eigenvalue weighted by Crippen LogP contribution is 2.32. The van der Waals surface area contributed by atoms with Crippen LogP contribution in [0.5, 0.6) is 5.75 Å². The maximum Gasteiger partial charge on any atom is 0.252 e. The molecule has 30 heavy (non-hydrogen) atoms. The molecule has 1 aromatic heterocycles. The fourth-order valence-corrected chi connectivity index (χ4v) is 7.66. The lowest BCUT2D eigenvalue weighted by Gasteiger charge is -2.43. The Morgan fingerprint density at radius 1 is 1.10 bits per heavy atom. The van der Waals surface area contributed by atoms with Gasteiger partial charge in [0.05, 0.1) is 12.3 Å². The number of benzene rings is 1. The SMILES string of the molecule is CS(=O)(=O)N(C[C@H]1CN(S(=O)(=O)c2cccs2)CCN1c1ccc(O)cc1)C1CC1. The largest absolute Gasteiger partial charge is 0.508 e. The standard InChI is InChI=1S/C19H25N3O5S3/c1-29(24,25)22(16-4-5-16)14-17-13-20(30(26,27)19-3-2-12-28-19)10-11-21(17)15-6-8-18(23)9-7-15/h2-3,6-9,12,16-17,23H,4-5,10-11,13-14H2,1H3/t17-/m1/s1. The van der Waals surface area contributed by atoms with Gasteiger partial charge in [-0.2, -0.15) is 8.61 Å². The fourth-order valence-electron chi connectivity index (χ4n) is 3.85. The van der Waals surface area contributed by atoms with Gasteiger partial charge in [-0.25, -0.2) is 16.8 Å². The maximum atomic E-state index is 13.1. The summed E-state index contributed by atoms with van der Waals surface area (Å²) in [6.45, 7) is 1.16. The van der Waals surface area contributed by atoms with Crippen LogP contribution in [-0.2, 0) is 20.0 Å². The summed E-state index contributed by atoms with van der Waals surface area (Å²) in [6, 6.07) is 9.65. The van der Waals surface area contributed by atoms with Crippen LogP contribution in [0.25, 0.3) is 0 Å². The number of phenolic OH excluding ortho intramolecular Hbond substituents is 1. The van der Waals surface area contributed by atoms with Gasteiger partial charge in [0.1, 0.15) is 9.96 Å². The highest BCUT2D eigenvalue weighted by atomic mass is 32.2. The average molecular weight is 472 g/mol. The molecule has 1 aromatic carbocycles. The predicted octanol–water partition coefficient (Wildman–Crippen LogP) is 1.76. The minimum absolute atomic E-state index is 0.00838. The molecule has 1 aliphatic heterocycles. The molecule has 0 unspecified atom stereocenters. The van der Waals surface area contributed by atoms with Crippen molar-refractivity contribution in [2.45, 2.75) is 29.1 Å². The van der Waals surface area contributed by atoms with Crippen LogP contribution >= 0.6 is 11.3 Å². The number of rotatable bonds is 7. The second-order valence-electron chi connectivity index (χ2n) is 7.72. The zero-order valence-corrected chi connectivity index (χ0v) is 19.0. The summed E-state index contributed by atoms with van der Waals surface area (Å²) in [4.78, 5) is 2.04. The topological polar surface area (TPSA) is 98.2 Å². The van der Waals surface area contributed by atoms with Crippen LogP contribution in [0.4, 0.5) is 5.69 Å². The monoisotopic (exact) mass is 471 g/mol. The molecule has 0 amide bonds. The number of nitrogens with zero attached hydrogens (tertiary/aromatic N) is 3. The van der Waals surface area contributed by atoms with Crippen LogP contribution < -0.4 is 4.90 Å². The van der Waals surface area contributed by atoms with E-state index in [4.69, 9.17) is 0 Å². The van der Waals surface area contributed by atoms with Crippen LogP contribution in [0.3, 0.4) is 0 Å². The molecule has 1 N–H and O–H groups in total. The number of hydrogen-bond donors (Lipinski definition) is 1. The maximum absolute atomic E-state index is 13.1. The van der Waals surface area contributed by atoms with Crippen molar-refractivity contribution in [2.24, 2.45) is 0 Å². The van der Waals surface area contributed by atoms with Crippen molar-refractivity contribution in [1.29, 1.82) is 0 Å². The summed E-state index contributed by atoms with van der Waals surface area (Å²) in [6.07, 6.45) is 2.87. The van der Waals surface area contributed by atoms with Crippen molar-refractivity contribution in [2.75, 3.05) is 37.3 Å². The van der Waals surface area contributed by atoms with Crippen LogP contribution in [-0.4, -0.2) is 75.1 Å². The zero-order chi connectivity index (χ0) is 21.5. The summed E-state index contributed by atoms with van der Waals surface area (Å²) in [5, 5.41) is 11.3. The summed E-state index contributed by atoms with van der Waals surface area (Å²) >= 11 is 1.18. The van der Waals surface area contributed by atoms with Gasteiger partial charge in [-0.15, -0.1) is 11.3 Å². The molecule has 8 nitrogen and oxygen atoms in total. The Kier molecular flexibility index (Phi) is 5.84. The molecule has 2 heterocycles. The number of sulfonamides is 2. The molecule has 164 valence electrons. The third kappa shape index (κ3) is 4.50. The summed E-state index contributed by atoms with van der Waals surface area (Å²) in [5.74, 6) is 0.143. The van der Waals surface area contributed by atoms with Crippen LogP contribution in [0, 0.1) is 0 Å². The van der Waals surface area contributed by atoms with E-state index in [2.05, 4.69) is 0 Å². The van der Waals surface area contributed by atoms with Gasteiger partial charge in [0.2, 0.25) is 10.0 Å². The third-order valence-corrected chi connectivity index (χ3v) is 10.0. The molecule has 0 bridgehead atoms. The zero-order valence-electron chi connectivity index (χ0n) is 16.6.